The van der Waals surface area contributed by atoms with Crippen LogP contribution in [0.3, 0.4) is 0 Å². The summed E-state index contributed by atoms with van der Waals surface area (Å²) in [6.45, 7) is 4.21. The van der Waals surface area contributed by atoms with Gasteiger partial charge in [0.1, 0.15) is 0 Å². The van der Waals surface area contributed by atoms with Crippen LogP contribution in [0.25, 0.3) is 11.1 Å². The number of nitrogens with one attached hydrogen (secondary N) is 1. The Kier molecular flexibility index (Phi) is 5.13. The molecule has 3 heterocycles. The summed E-state index contributed by atoms with van der Waals surface area (Å²) in [4.78, 5) is 28.2. The van der Waals surface area contributed by atoms with Crippen LogP contribution in [0.4, 0.5) is 4.79 Å². The van der Waals surface area contributed by atoms with E-state index in [1.165, 1.54) is 19.3 Å². The number of piperidine rings is 1. The van der Waals surface area contributed by atoms with Crippen molar-refractivity contribution in [3.05, 3.63) is 58.0 Å². The normalized spacial score (nSPS) is 23.7. The maximum absolute atomic E-state index is 13.3. The third-order valence-corrected chi connectivity index (χ3v) is 7.26. The maximum Gasteiger partial charge on any atom is 0.317 e. The number of nitrogens with zero attached hydrogens (tertiary/aromatic N) is 2. The first kappa shape index (κ1) is 19.4. The number of amides is 2. The molecule has 2 aliphatic heterocycles. The summed E-state index contributed by atoms with van der Waals surface area (Å²) in [6, 6.07) is 12.6. The molecule has 2 atom stereocenters. The average Bonchev–Trinajstić information content (AvgIpc) is 2.76. The van der Waals surface area contributed by atoms with Gasteiger partial charge in [-0.1, -0.05) is 43.5 Å². The van der Waals surface area contributed by atoms with E-state index >= 15 is 0 Å². The van der Waals surface area contributed by atoms with Gasteiger partial charge in [0, 0.05) is 42.9 Å². The predicted molar refractivity (Wildman–Crippen MR) is 119 cm³/mol. The number of pyridine rings is 1. The van der Waals surface area contributed by atoms with Crippen LogP contribution in [0.5, 0.6) is 0 Å². The van der Waals surface area contributed by atoms with Gasteiger partial charge in [-0.3, -0.25) is 4.79 Å². The van der Waals surface area contributed by atoms with E-state index in [2.05, 4.69) is 24.4 Å². The SMILES string of the molecule is Cc1ccccc1-c1ccc2n(c1=O)CC1CC2CN(C(=O)NC2CCCCC2)C1. The number of carbonyl (C=O) groups excluding carboxylic acids is 1. The van der Waals surface area contributed by atoms with Gasteiger partial charge in [-0.25, -0.2) is 4.79 Å². The molecule has 2 unspecified atom stereocenters. The van der Waals surface area contributed by atoms with Crippen LogP contribution in [0, 0.1) is 12.8 Å². The summed E-state index contributed by atoms with van der Waals surface area (Å²) in [5, 5.41) is 3.27. The minimum atomic E-state index is 0.0870. The first-order valence-corrected chi connectivity index (χ1v) is 11.5. The highest BCUT2D eigenvalue weighted by Gasteiger charge is 2.37. The molecular weight excluding hydrogens is 374 g/mol. The zero-order chi connectivity index (χ0) is 20.7. The Bertz CT molecular complexity index is 1010. The van der Waals surface area contributed by atoms with Crippen LogP contribution >= 0.6 is 0 Å². The molecule has 5 heteroatoms. The fraction of sp³-hybridized carbons (Fsp3) is 0.520. The number of aromatic nitrogens is 1. The summed E-state index contributed by atoms with van der Waals surface area (Å²) in [6.07, 6.45) is 7.00. The van der Waals surface area contributed by atoms with Crippen LogP contribution in [-0.4, -0.2) is 34.6 Å². The molecule has 0 spiro atoms. The molecule has 1 aliphatic carbocycles. The maximum atomic E-state index is 13.3. The lowest BCUT2D eigenvalue weighted by molar-refractivity contribution is 0.127. The van der Waals surface area contributed by atoms with Crippen molar-refractivity contribution in [3.8, 4) is 11.1 Å². The summed E-state index contributed by atoms with van der Waals surface area (Å²) >= 11 is 0. The Morgan fingerprint density at radius 3 is 2.57 bits per heavy atom. The summed E-state index contributed by atoms with van der Waals surface area (Å²) < 4.78 is 1.98. The Morgan fingerprint density at radius 1 is 0.967 bits per heavy atom. The first-order valence-electron chi connectivity index (χ1n) is 11.5. The molecule has 1 N–H and O–H groups in total. The van der Waals surface area contributed by atoms with Crippen molar-refractivity contribution >= 4 is 6.03 Å². The van der Waals surface area contributed by atoms with E-state index in [-0.39, 0.29) is 17.5 Å². The van der Waals surface area contributed by atoms with Gasteiger partial charge in [-0.15, -0.1) is 0 Å². The molecule has 2 bridgehead atoms. The number of fused-ring (bicyclic) bond motifs is 4. The van der Waals surface area contributed by atoms with Crippen molar-refractivity contribution in [3.63, 3.8) is 0 Å². The molecule has 2 amide bonds. The third-order valence-electron chi connectivity index (χ3n) is 7.26. The Labute approximate surface area is 178 Å². The fourth-order valence-corrected chi connectivity index (χ4v) is 5.70. The van der Waals surface area contributed by atoms with E-state index in [9.17, 15) is 9.59 Å². The highest BCUT2D eigenvalue weighted by molar-refractivity contribution is 5.75. The molecule has 1 saturated carbocycles. The van der Waals surface area contributed by atoms with Gasteiger partial charge < -0.3 is 14.8 Å². The summed E-state index contributed by atoms with van der Waals surface area (Å²) in [7, 11) is 0. The third kappa shape index (κ3) is 3.55. The van der Waals surface area contributed by atoms with Crippen LogP contribution < -0.4 is 10.9 Å². The number of carbonyl (C=O) groups is 1. The Balaban J connectivity index is 1.38. The first-order chi connectivity index (χ1) is 14.6. The molecule has 5 rings (SSSR count). The topological polar surface area (TPSA) is 54.3 Å². The van der Waals surface area contributed by atoms with Crippen molar-refractivity contribution < 1.29 is 4.79 Å². The molecule has 1 aromatic heterocycles. The van der Waals surface area contributed by atoms with Crippen molar-refractivity contribution in [2.24, 2.45) is 5.92 Å². The Morgan fingerprint density at radius 2 is 1.77 bits per heavy atom. The number of rotatable bonds is 2. The van der Waals surface area contributed by atoms with Crippen LogP contribution in [0.1, 0.15) is 55.7 Å². The van der Waals surface area contributed by atoms with Crippen LogP contribution in [-0.2, 0) is 6.54 Å². The van der Waals surface area contributed by atoms with Gasteiger partial charge in [0.2, 0.25) is 0 Å². The fourth-order valence-electron chi connectivity index (χ4n) is 5.70. The second-order valence-corrected chi connectivity index (χ2v) is 9.39. The minimum absolute atomic E-state index is 0.0870. The summed E-state index contributed by atoms with van der Waals surface area (Å²) in [5.41, 5.74) is 4.11. The van der Waals surface area contributed by atoms with E-state index in [0.717, 1.165) is 48.2 Å². The van der Waals surface area contributed by atoms with E-state index < -0.39 is 0 Å². The van der Waals surface area contributed by atoms with Gasteiger partial charge in [0.05, 0.1) is 0 Å². The van der Waals surface area contributed by atoms with Crippen molar-refractivity contribution in [2.45, 2.75) is 64.0 Å². The lowest BCUT2D eigenvalue weighted by Crippen LogP contribution is -2.53. The quantitative estimate of drug-likeness (QED) is 0.811. The van der Waals surface area contributed by atoms with E-state index in [0.29, 0.717) is 25.0 Å². The number of likely N-dealkylation sites (tertiary alicyclic amines) is 1. The van der Waals surface area contributed by atoms with Crippen molar-refractivity contribution in [2.75, 3.05) is 13.1 Å². The number of hydrogen-bond donors (Lipinski definition) is 1. The smallest absolute Gasteiger partial charge is 0.317 e. The summed E-state index contributed by atoms with van der Waals surface area (Å²) in [5.74, 6) is 0.589. The minimum Gasteiger partial charge on any atom is -0.335 e. The van der Waals surface area contributed by atoms with Crippen LogP contribution in [0.15, 0.2) is 41.2 Å². The molecule has 5 nitrogen and oxygen atoms in total. The zero-order valence-corrected chi connectivity index (χ0v) is 17.8. The van der Waals surface area contributed by atoms with E-state index in [1.807, 2.05) is 33.7 Å². The van der Waals surface area contributed by atoms with Gasteiger partial charge >= 0.3 is 6.03 Å². The zero-order valence-electron chi connectivity index (χ0n) is 17.8. The van der Waals surface area contributed by atoms with Gasteiger partial charge in [0.25, 0.3) is 5.56 Å². The molecular formula is C25H31N3O2. The van der Waals surface area contributed by atoms with Crippen LogP contribution in [0.2, 0.25) is 0 Å². The number of benzene rings is 1. The number of aryl methyl sites for hydroxylation is 1. The second-order valence-electron chi connectivity index (χ2n) is 9.39. The molecule has 2 fully saturated rings. The highest BCUT2D eigenvalue weighted by atomic mass is 16.2. The lowest BCUT2D eigenvalue weighted by atomic mass is 9.82. The number of urea groups is 1. The molecule has 1 aromatic carbocycles. The predicted octanol–water partition coefficient (Wildman–Crippen LogP) is 4.29. The molecule has 3 aliphatic rings. The largest absolute Gasteiger partial charge is 0.335 e. The van der Waals surface area contributed by atoms with Gasteiger partial charge in [-0.05, 0) is 55.4 Å². The molecule has 0 radical (unpaired) electrons. The van der Waals surface area contributed by atoms with Gasteiger partial charge in [-0.2, -0.15) is 0 Å². The monoisotopic (exact) mass is 405 g/mol. The molecule has 158 valence electrons. The number of hydrogen-bond acceptors (Lipinski definition) is 2. The van der Waals surface area contributed by atoms with E-state index in [1.54, 1.807) is 0 Å². The highest BCUT2D eigenvalue weighted by Crippen LogP contribution is 2.36. The lowest BCUT2D eigenvalue weighted by Gasteiger charge is -2.43. The Hall–Kier alpha value is -2.56. The van der Waals surface area contributed by atoms with E-state index in [4.69, 9.17) is 0 Å². The molecule has 1 saturated heterocycles. The average molecular weight is 406 g/mol. The van der Waals surface area contributed by atoms with Gasteiger partial charge in [0.15, 0.2) is 0 Å². The second kappa shape index (κ2) is 7.93. The molecule has 30 heavy (non-hydrogen) atoms. The molecule has 2 aromatic rings. The van der Waals surface area contributed by atoms with Crippen molar-refractivity contribution in [1.29, 1.82) is 0 Å². The standard InChI is InChI=1S/C25H31N3O2/c1-17-7-5-6-10-21(17)22-11-12-23-19-13-18(15-28(23)24(22)29)14-27(16-19)25(30)26-20-8-3-2-4-9-20/h5-7,10-12,18-20H,2-4,8-9,13-16H2,1H3,(H,26,30). The van der Waals surface area contributed by atoms with Crippen molar-refractivity contribution in [1.82, 2.24) is 14.8 Å².